The summed E-state index contributed by atoms with van der Waals surface area (Å²) in [6.07, 6.45) is 0.715. The van der Waals surface area contributed by atoms with Gasteiger partial charge >= 0.3 is 0 Å². The number of amides is 1. The fourth-order valence-corrected chi connectivity index (χ4v) is 3.04. The van der Waals surface area contributed by atoms with Crippen molar-refractivity contribution in [2.75, 3.05) is 46.9 Å². The van der Waals surface area contributed by atoms with Gasteiger partial charge in [0.15, 0.2) is 11.5 Å². The number of ether oxygens (including phenoxy) is 2. The first-order valence-corrected chi connectivity index (χ1v) is 8.31. The smallest absolute Gasteiger partial charge is 0.225 e. The van der Waals surface area contributed by atoms with Crippen molar-refractivity contribution in [1.82, 2.24) is 9.80 Å². The van der Waals surface area contributed by atoms with Crippen LogP contribution in [0.5, 0.6) is 11.5 Å². The first-order valence-electron chi connectivity index (χ1n) is 8.31. The van der Waals surface area contributed by atoms with Gasteiger partial charge in [-0.15, -0.1) is 0 Å². The largest absolute Gasteiger partial charge is 0.493 e. The Morgan fingerprint density at radius 1 is 1.13 bits per heavy atom. The van der Waals surface area contributed by atoms with Gasteiger partial charge in [-0.1, -0.05) is 19.9 Å². The summed E-state index contributed by atoms with van der Waals surface area (Å²) in [5.74, 6) is 1.64. The number of rotatable bonds is 6. The second-order valence-corrected chi connectivity index (χ2v) is 6.05. The SMILES string of the molecule is CCN1CCN(C(=O)C(C)Cc2ccc(OC)c(OC)c2)CC1. The van der Waals surface area contributed by atoms with Crippen LogP contribution < -0.4 is 9.47 Å². The fraction of sp³-hybridized carbons (Fsp3) is 0.611. The summed E-state index contributed by atoms with van der Waals surface area (Å²) in [6.45, 7) is 8.86. The van der Waals surface area contributed by atoms with Crippen LogP contribution >= 0.6 is 0 Å². The third-order valence-corrected chi connectivity index (χ3v) is 4.54. The molecule has 0 bridgehead atoms. The van der Waals surface area contributed by atoms with Crippen molar-refractivity contribution >= 4 is 5.91 Å². The summed E-state index contributed by atoms with van der Waals surface area (Å²) in [5, 5.41) is 0. The molecule has 5 heteroatoms. The number of nitrogens with zero attached hydrogens (tertiary/aromatic N) is 2. The minimum absolute atomic E-state index is 0.0266. The van der Waals surface area contributed by atoms with Gasteiger partial charge in [-0.25, -0.2) is 0 Å². The van der Waals surface area contributed by atoms with Crippen molar-refractivity contribution in [3.63, 3.8) is 0 Å². The highest BCUT2D eigenvalue weighted by Crippen LogP contribution is 2.28. The van der Waals surface area contributed by atoms with Crippen molar-refractivity contribution < 1.29 is 14.3 Å². The maximum atomic E-state index is 12.6. The molecule has 1 fully saturated rings. The van der Waals surface area contributed by atoms with E-state index in [2.05, 4.69) is 11.8 Å². The molecule has 1 aliphatic rings. The molecule has 0 radical (unpaired) electrons. The van der Waals surface area contributed by atoms with Gasteiger partial charge in [-0.3, -0.25) is 4.79 Å². The number of piperazine rings is 1. The van der Waals surface area contributed by atoms with E-state index in [1.54, 1.807) is 14.2 Å². The number of hydrogen-bond donors (Lipinski definition) is 0. The van der Waals surface area contributed by atoms with Crippen molar-refractivity contribution in [1.29, 1.82) is 0 Å². The molecule has 1 saturated heterocycles. The average molecular weight is 320 g/mol. The molecule has 0 aromatic heterocycles. The zero-order valence-electron chi connectivity index (χ0n) is 14.7. The van der Waals surface area contributed by atoms with Gasteiger partial charge in [0.25, 0.3) is 0 Å². The van der Waals surface area contributed by atoms with E-state index in [1.165, 1.54) is 0 Å². The molecule has 1 heterocycles. The predicted molar refractivity (Wildman–Crippen MR) is 91.1 cm³/mol. The van der Waals surface area contributed by atoms with Crippen LogP contribution in [0.3, 0.4) is 0 Å². The van der Waals surface area contributed by atoms with E-state index in [0.29, 0.717) is 17.9 Å². The fourth-order valence-electron chi connectivity index (χ4n) is 3.04. The highest BCUT2D eigenvalue weighted by Gasteiger charge is 2.24. The van der Waals surface area contributed by atoms with Gasteiger partial charge in [0, 0.05) is 32.1 Å². The van der Waals surface area contributed by atoms with Crippen LogP contribution in [0.1, 0.15) is 19.4 Å². The zero-order valence-corrected chi connectivity index (χ0v) is 14.7. The normalized spacial score (nSPS) is 17.0. The molecule has 1 aliphatic heterocycles. The van der Waals surface area contributed by atoms with E-state index >= 15 is 0 Å². The van der Waals surface area contributed by atoms with E-state index < -0.39 is 0 Å². The summed E-state index contributed by atoms with van der Waals surface area (Å²) in [5.41, 5.74) is 1.09. The molecule has 1 atom stereocenters. The average Bonchev–Trinajstić information content (AvgIpc) is 2.60. The molecule has 0 spiro atoms. The van der Waals surface area contributed by atoms with Crippen molar-refractivity contribution in [3.05, 3.63) is 23.8 Å². The molecule has 23 heavy (non-hydrogen) atoms. The Balaban J connectivity index is 1.96. The maximum absolute atomic E-state index is 12.6. The number of hydrogen-bond acceptors (Lipinski definition) is 4. The zero-order chi connectivity index (χ0) is 16.8. The van der Waals surface area contributed by atoms with Crippen LogP contribution in [-0.4, -0.2) is 62.7 Å². The lowest BCUT2D eigenvalue weighted by Gasteiger charge is -2.35. The second kappa shape index (κ2) is 8.20. The molecule has 0 N–H and O–H groups in total. The molecule has 2 rings (SSSR count). The number of carbonyl (C=O) groups is 1. The lowest BCUT2D eigenvalue weighted by molar-refractivity contribution is -0.136. The van der Waals surface area contributed by atoms with E-state index in [0.717, 1.165) is 38.3 Å². The van der Waals surface area contributed by atoms with E-state index in [1.807, 2.05) is 30.0 Å². The topological polar surface area (TPSA) is 42.0 Å². The van der Waals surface area contributed by atoms with Crippen LogP contribution in [0.15, 0.2) is 18.2 Å². The lowest BCUT2D eigenvalue weighted by atomic mass is 9.99. The Bertz CT molecular complexity index is 525. The number of methoxy groups -OCH3 is 2. The second-order valence-electron chi connectivity index (χ2n) is 6.05. The summed E-state index contributed by atoms with van der Waals surface area (Å²) in [6, 6.07) is 5.85. The molecule has 1 unspecified atom stereocenters. The van der Waals surface area contributed by atoms with E-state index in [4.69, 9.17) is 9.47 Å². The Kier molecular flexibility index (Phi) is 6.28. The molecule has 1 amide bonds. The maximum Gasteiger partial charge on any atom is 0.225 e. The summed E-state index contributed by atoms with van der Waals surface area (Å²) in [7, 11) is 3.25. The molecular weight excluding hydrogens is 292 g/mol. The minimum Gasteiger partial charge on any atom is -0.493 e. The summed E-state index contributed by atoms with van der Waals surface area (Å²) >= 11 is 0. The minimum atomic E-state index is -0.0266. The van der Waals surface area contributed by atoms with Crippen molar-refractivity contribution in [3.8, 4) is 11.5 Å². The van der Waals surface area contributed by atoms with Crippen LogP contribution in [0.25, 0.3) is 0 Å². The van der Waals surface area contributed by atoms with Gasteiger partial charge in [0.2, 0.25) is 5.91 Å². The number of benzene rings is 1. The molecule has 1 aromatic rings. The van der Waals surface area contributed by atoms with Crippen LogP contribution in [-0.2, 0) is 11.2 Å². The number of likely N-dealkylation sites (N-methyl/N-ethyl adjacent to an activating group) is 1. The first kappa shape index (κ1) is 17.6. The first-order chi connectivity index (χ1) is 11.1. The molecule has 1 aromatic carbocycles. The lowest BCUT2D eigenvalue weighted by Crippen LogP contribution is -2.50. The molecule has 128 valence electrons. The molecule has 0 saturated carbocycles. The van der Waals surface area contributed by atoms with Gasteiger partial charge in [0.1, 0.15) is 0 Å². The Morgan fingerprint density at radius 3 is 2.35 bits per heavy atom. The van der Waals surface area contributed by atoms with Crippen molar-refractivity contribution in [2.24, 2.45) is 5.92 Å². The standard InChI is InChI=1S/C18H28N2O3/c1-5-19-8-10-20(11-9-19)18(21)14(2)12-15-6-7-16(22-3)17(13-15)23-4/h6-7,13-14H,5,8-12H2,1-4H3. The van der Waals surface area contributed by atoms with Gasteiger partial charge in [-0.05, 0) is 30.7 Å². The Labute approximate surface area is 139 Å². The van der Waals surface area contributed by atoms with Crippen LogP contribution in [0.2, 0.25) is 0 Å². The van der Waals surface area contributed by atoms with Crippen LogP contribution in [0, 0.1) is 5.92 Å². The highest BCUT2D eigenvalue weighted by molar-refractivity contribution is 5.79. The quantitative estimate of drug-likeness (QED) is 0.804. The van der Waals surface area contributed by atoms with E-state index in [9.17, 15) is 4.79 Å². The predicted octanol–water partition coefficient (Wildman–Crippen LogP) is 2.05. The van der Waals surface area contributed by atoms with E-state index in [-0.39, 0.29) is 11.8 Å². The van der Waals surface area contributed by atoms with Gasteiger partial charge in [0.05, 0.1) is 14.2 Å². The summed E-state index contributed by atoms with van der Waals surface area (Å²) in [4.78, 5) is 17.0. The van der Waals surface area contributed by atoms with Crippen LogP contribution in [0.4, 0.5) is 0 Å². The Hall–Kier alpha value is -1.75. The monoisotopic (exact) mass is 320 g/mol. The molecule has 0 aliphatic carbocycles. The highest BCUT2D eigenvalue weighted by atomic mass is 16.5. The molecular formula is C18H28N2O3. The molecule has 5 nitrogen and oxygen atoms in total. The van der Waals surface area contributed by atoms with Gasteiger partial charge < -0.3 is 19.3 Å². The van der Waals surface area contributed by atoms with Gasteiger partial charge in [-0.2, -0.15) is 0 Å². The number of carbonyl (C=O) groups excluding carboxylic acids is 1. The summed E-state index contributed by atoms with van der Waals surface area (Å²) < 4.78 is 10.6. The Morgan fingerprint density at radius 2 is 1.78 bits per heavy atom. The third kappa shape index (κ3) is 4.38. The third-order valence-electron chi connectivity index (χ3n) is 4.54. The van der Waals surface area contributed by atoms with Crippen molar-refractivity contribution in [2.45, 2.75) is 20.3 Å².